The fourth-order valence-electron chi connectivity index (χ4n) is 4.38. The summed E-state index contributed by atoms with van der Waals surface area (Å²) in [4.78, 5) is 29.6. The first kappa shape index (κ1) is 28.6. The molecule has 11 heteroatoms. The van der Waals surface area contributed by atoms with Crippen molar-refractivity contribution < 1.29 is 19.1 Å². The Kier molecular flexibility index (Phi) is 8.14. The molecule has 0 saturated heterocycles. The quantitative estimate of drug-likeness (QED) is 0.129. The summed E-state index contributed by atoms with van der Waals surface area (Å²) in [5.41, 5.74) is 2.61. The van der Waals surface area contributed by atoms with Gasteiger partial charge in [-0.2, -0.15) is 9.78 Å². The highest BCUT2D eigenvalue weighted by Gasteiger charge is 2.17. The van der Waals surface area contributed by atoms with Crippen molar-refractivity contribution in [1.82, 2.24) is 9.66 Å². The lowest BCUT2D eigenvalue weighted by atomic mass is 10.1. The molecule has 0 bridgehead atoms. The normalized spacial score (nSPS) is 11.5. The number of carbonyl (C=O) groups is 1. The lowest BCUT2D eigenvalue weighted by Gasteiger charge is -2.12. The minimum atomic E-state index is -0.984. The van der Waals surface area contributed by atoms with Gasteiger partial charge in [-0.05, 0) is 117 Å². The van der Waals surface area contributed by atoms with E-state index in [9.17, 15) is 14.7 Å². The molecule has 0 aliphatic rings. The van der Waals surface area contributed by atoms with Gasteiger partial charge in [0.2, 0.25) is 5.82 Å². The number of furan rings is 1. The molecule has 0 aliphatic carbocycles. The molecule has 6 rings (SSSR count). The lowest BCUT2D eigenvalue weighted by molar-refractivity contribution is 0.0696. The van der Waals surface area contributed by atoms with Crippen molar-refractivity contribution in [3.63, 3.8) is 0 Å². The van der Waals surface area contributed by atoms with Gasteiger partial charge in [0.1, 0.15) is 17.9 Å². The molecular formula is C31H18BrI2N3O5. The number of para-hydroxylation sites is 1. The number of carboxylic acids is 1. The van der Waals surface area contributed by atoms with Crippen LogP contribution >= 0.6 is 61.1 Å². The zero-order valence-electron chi connectivity index (χ0n) is 21.4. The summed E-state index contributed by atoms with van der Waals surface area (Å²) in [6.45, 7) is 0.218. The van der Waals surface area contributed by atoms with Crippen LogP contribution < -0.4 is 10.3 Å². The van der Waals surface area contributed by atoms with Gasteiger partial charge in [0, 0.05) is 9.86 Å². The Morgan fingerprint density at radius 2 is 1.81 bits per heavy atom. The topological polar surface area (TPSA) is 107 Å². The smallest absolute Gasteiger partial charge is 0.335 e. The van der Waals surface area contributed by atoms with Crippen LogP contribution in [0.2, 0.25) is 0 Å². The summed E-state index contributed by atoms with van der Waals surface area (Å²) >= 11 is 7.86. The van der Waals surface area contributed by atoms with Gasteiger partial charge >= 0.3 is 5.97 Å². The maximum Gasteiger partial charge on any atom is 0.335 e. The maximum atomic E-state index is 13.6. The first-order valence-electron chi connectivity index (χ1n) is 12.5. The lowest BCUT2D eigenvalue weighted by Crippen LogP contribution is -2.20. The molecule has 0 radical (unpaired) electrons. The van der Waals surface area contributed by atoms with E-state index in [1.54, 1.807) is 42.6 Å². The number of hydrogen-bond donors (Lipinski definition) is 1. The molecule has 0 spiro atoms. The SMILES string of the molecule is O=C(O)c1cccc(COc2c(I)cc(C=Nn3c(-c4cc5cc(Br)ccc5o4)nc4ccccc4c3=O)cc2I)c1. The molecule has 0 unspecified atom stereocenters. The van der Waals surface area contributed by atoms with Crippen molar-refractivity contribution in [3.8, 4) is 17.3 Å². The van der Waals surface area contributed by atoms with Gasteiger partial charge in [-0.25, -0.2) is 9.78 Å². The van der Waals surface area contributed by atoms with Crippen LogP contribution in [0.4, 0.5) is 0 Å². The van der Waals surface area contributed by atoms with Crippen molar-refractivity contribution >= 4 is 95.2 Å². The Hall–Kier alpha value is -3.56. The van der Waals surface area contributed by atoms with E-state index in [4.69, 9.17) is 14.1 Å². The molecule has 0 aliphatic heterocycles. The Balaban J connectivity index is 1.35. The van der Waals surface area contributed by atoms with Crippen LogP contribution in [0.5, 0.6) is 5.75 Å². The summed E-state index contributed by atoms with van der Waals surface area (Å²) in [5.74, 6) is 0.396. The number of aromatic nitrogens is 2. The second-order valence-electron chi connectivity index (χ2n) is 9.21. The van der Waals surface area contributed by atoms with E-state index < -0.39 is 5.97 Å². The van der Waals surface area contributed by atoms with Gasteiger partial charge in [0.05, 0.1) is 29.8 Å². The standard InChI is InChI=1S/C31H18BrI2N3O5/c32-21-8-9-26-20(13-21)14-27(42-26)29-36-25-7-2-1-6-22(25)30(38)37(29)35-15-18-11-23(33)28(24(34)12-18)41-16-17-4-3-5-19(10-17)31(39)40/h1-15H,16H2,(H,39,40). The van der Waals surface area contributed by atoms with Crippen molar-refractivity contribution in [2.75, 3.05) is 0 Å². The molecule has 2 aromatic heterocycles. The maximum absolute atomic E-state index is 13.6. The van der Waals surface area contributed by atoms with E-state index >= 15 is 0 Å². The molecule has 208 valence electrons. The number of hydrogen-bond acceptors (Lipinski definition) is 6. The van der Waals surface area contributed by atoms with Crippen molar-refractivity contribution in [1.29, 1.82) is 0 Å². The third-order valence-electron chi connectivity index (χ3n) is 6.35. The molecule has 8 nitrogen and oxygen atoms in total. The van der Waals surface area contributed by atoms with Gasteiger partial charge in [-0.1, -0.05) is 40.2 Å². The summed E-state index contributed by atoms with van der Waals surface area (Å²) in [6, 6.07) is 25.1. The average Bonchev–Trinajstić information content (AvgIpc) is 3.39. The number of benzene rings is 4. The highest BCUT2D eigenvalue weighted by atomic mass is 127. The number of rotatable bonds is 7. The zero-order chi connectivity index (χ0) is 29.4. The van der Waals surface area contributed by atoms with Gasteiger partial charge in [-0.15, -0.1) is 0 Å². The molecule has 6 aromatic rings. The zero-order valence-corrected chi connectivity index (χ0v) is 27.3. The van der Waals surface area contributed by atoms with Crippen LogP contribution in [-0.4, -0.2) is 27.0 Å². The minimum Gasteiger partial charge on any atom is -0.487 e. The fourth-order valence-corrected chi connectivity index (χ4v) is 6.89. The van der Waals surface area contributed by atoms with Crippen molar-refractivity contribution in [3.05, 3.63) is 124 Å². The molecule has 0 amide bonds. The Morgan fingerprint density at radius 1 is 1.02 bits per heavy atom. The van der Waals surface area contributed by atoms with Crippen LogP contribution in [0, 0.1) is 7.14 Å². The summed E-state index contributed by atoms with van der Waals surface area (Å²) in [6.07, 6.45) is 1.60. The highest BCUT2D eigenvalue weighted by Crippen LogP contribution is 2.31. The van der Waals surface area contributed by atoms with E-state index in [1.165, 1.54) is 4.68 Å². The van der Waals surface area contributed by atoms with Gasteiger partial charge in [0.15, 0.2) is 5.76 Å². The van der Waals surface area contributed by atoms with Crippen LogP contribution in [0.25, 0.3) is 33.5 Å². The minimum absolute atomic E-state index is 0.209. The second-order valence-corrected chi connectivity index (χ2v) is 12.5. The molecule has 0 fully saturated rings. The monoisotopic (exact) mass is 845 g/mol. The Labute approximate surface area is 274 Å². The number of ether oxygens (including phenoxy) is 1. The van der Waals surface area contributed by atoms with E-state index in [1.807, 2.05) is 48.5 Å². The molecule has 4 aromatic carbocycles. The Bertz CT molecular complexity index is 2080. The molecular weight excluding hydrogens is 828 g/mol. The van der Waals surface area contributed by atoms with Crippen molar-refractivity contribution in [2.24, 2.45) is 5.10 Å². The molecule has 0 atom stereocenters. The number of nitrogens with zero attached hydrogens (tertiary/aromatic N) is 3. The first-order chi connectivity index (χ1) is 20.3. The molecule has 42 heavy (non-hydrogen) atoms. The molecule has 1 N–H and O–H groups in total. The highest BCUT2D eigenvalue weighted by molar-refractivity contribution is 14.1. The molecule has 2 heterocycles. The number of carboxylic acid groups (broad SMARTS) is 1. The van der Waals surface area contributed by atoms with E-state index in [2.05, 4.69) is 66.2 Å². The second kappa shape index (κ2) is 12.0. The first-order valence-corrected chi connectivity index (χ1v) is 15.4. The average molecular weight is 846 g/mol. The van der Waals surface area contributed by atoms with E-state index in [-0.39, 0.29) is 23.6 Å². The van der Waals surface area contributed by atoms with Crippen LogP contribution in [-0.2, 0) is 6.61 Å². The molecule has 0 saturated carbocycles. The van der Waals surface area contributed by atoms with Crippen molar-refractivity contribution in [2.45, 2.75) is 6.61 Å². The predicted octanol–water partition coefficient (Wildman–Crippen LogP) is 7.94. The van der Waals surface area contributed by atoms with Gasteiger partial charge in [0.25, 0.3) is 5.56 Å². The summed E-state index contributed by atoms with van der Waals surface area (Å²) < 4.78 is 16.0. The summed E-state index contributed by atoms with van der Waals surface area (Å²) in [5, 5.41) is 15.1. The van der Waals surface area contributed by atoms with E-state index in [0.717, 1.165) is 28.1 Å². The predicted molar refractivity (Wildman–Crippen MR) is 182 cm³/mol. The third-order valence-corrected chi connectivity index (χ3v) is 8.45. The summed E-state index contributed by atoms with van der Waals surface area (Å²) in [7, 11) is 0. The largest absolute Gasteiger partial charge is 0.487 e. The third kappa shape index (κ3) is 5.85. The van der Waals surface area contributed by atoms with Crippen LogP contribution in [0.1, 0.15) is 21.5 Å². The van der Waals surface area contributed by atoms with Crippen LogP contribution in [0.3, 0.4) is 0 Å². The number of fused-ring (bicyclic) bond motifs is 2. The van der Waals surface area contributed by atoms with Gasteiger partial charge < -0.3 is 14.3 Å². The number of aromatic carboxylic acids is 1. The fraction of sp³-hybridized carbons (Fsp3) is 0.0323. The van der Waals surface area contributed by atoms with Crippen LogP contribution in [0.15, 0.2) is 104 Å². The Morgan fingerprint density at radius 3 is 2.60 bits per heavy atom. The van der Waals surface area contributed by atoms with E-state index in [0.29, 0.717) is 28.0 Å². The number of halogens is 3. The van der Waals surface area contributed by atoms with Gasteiger partial charge in [-0.3, -0.25) is 4.79 Å².